The number of benzene rings is 1. The van der Waals surface area contributed by atoms with E-state index in [1.165, 1.54) is 0 Å². The van der Waals surface area contributed by atoms with E-state index in [-0.39, 0.29) is 18.5 Å². The molecule has 0 aromatic heterocycles. The van der Waals surface area contributed by atoms with Crippen molar-refractivity contribution in [1.29, 1.82) is 0 Å². The Bertz CT molecular complexity index is 461. The predicted octanol–water partition coefficient (Wildman–Crippen LogP) is 2.62. The molecule has 0 radical (unpaired) electrons. The highest BCUT2D eigenvalue weighted by atomic mass is 79.9. The molecule has 1 unspecified atom stereocenters. The molecule has 6 heteroatoms. The first kappa shape index (κ1) is 12.7. The van der Waals surface area contributed by atoms with Gasteiger partial charge in [-0.15, -0.1) is 12.4 Å². The zero-order valence-corrected chi connectivity index (χ0v) is 11.4. The van der Waals surface area contributed by atoms with Crippen molar-refractivity contribution in [2.75, 3.05) is 18.4 Å². The molecule has 1 fully saturated rings. The van der Waals surface area contributed by atoms with Crippen LogP contribution in [0.4, 0.5) is 10.5 Å². The Morgan fingerprint density at radius 3 is 2.94 bits per heavy atom. The number of anilines is 1. The van der Waals surface area contributed by atoms with Gasteiger partial charge in [-0.1, -0.05) is 15.9 Å². The highest BCUT2D eigenvalue weighted by Gasteiger charge is 2.44. The molecule has 1 spiro atoms. The molecule has 2 heterocycles. The minimum Gasteiger partial charge on any atom is -0.436 e. The van der Waals surface area contributed by atoms with Crippen molar-refractivity contribution >= 4 is 40.1 Å². The first-order valence-electron chi connectivity index (χ1n) is 5.20. The Balaban J connectivity index is 0.00000108. The van der Waals surface area contributed by atoms with E-state index in [1.54, 1.807) is 0 Å². The summed E-state index contributed by atoms with van der Waals surface area (Å²) in [4.78, 5) is 11.5. The maximum atomic E-state index is 11.5. The summed E-state index contributed by atoms with van der Waals surface area (Å²) >= 11 is 3.45. The van der Waals surface area contributed by atoms with E-state index in [1.807, 2.05) is 18.2 Å². The van der Waals surface area contributed by atoms with Crippen LogP contribution in [-0.2, 0) is 10.3 Å². The second-order valence-electron chi connectivity index (χ2n) is 4.13. The van der Waals surface area contributed by atoms with Gasteiger partial charge in [0, 0.05) is 23.0 Å². The van der Waals surface area contributed by atoms with Crippen molar-refractivity contribution < 1.29 is 9.53 Å². The topological polar surface area (TPSA) is 50.4 Å². The third-order valence-corrected chi connectivity index (χ3v) is 3.61. The molecule has 17 heavy (non-hydrogen) atoms. The molecule has 0 saturated carbocycles. The summed E-state index contributed by atoms with van der Waals surface area (Å²) in [5, 5.41) is 5.97. The number of amides is 1. The fourth-order valence-electron chi connectivity index (χ4n) is 2.36. The standard InChI is InChI=1S/C11H11BrN2O2.ClH/c12-7-1-2-9-8(5-7)11(3-4-13-6-11)16-10(15)14-9;/h1-2,5,13H,3-4,6H2,(H,14,15);1H. The van der Waals surface area contributed by atoms with Crippen LogP contribution in [-0.4, -0.2) is 19.2 Å². The number of hydrogen-bond donors (Lipinski definition) is 2. The molecule has 2 aliphatic rings. The average Bonchev–Trinajstić information content (AvgIpc) is 2.69. The van der Waals surface area contributed by atoms with Crippen LogP contribution in [0, 0.1) is 0 Å². The van der Waals surface area contributed by atoms with Gasteiger partial charge in [0.05, 0.1) is 5.69 Å². The van der Waals surface area contributed by atoms with Crippen molar-refractivity contribution in [1.82, 2.24) is 5.32 Å². The summed E-state index contributed by atoms with van der Waals surface area (Å²) in [5.74, 6) is 0. The van der Waals surface area contributed by atoms with Crippen molar-refractivity contribution in [3.63, 3.8) is 0 Å². The first-order valence-corrected chi connectivity index (χ1v) is 6.00. The Kier molecular flexibility index (Phi) is 3.34. The average molecular weight is 320 g/mol. The number of nitrogens with one attached hydrogen (secondary N) is 2. The maximum absolute atomic E-state index is 11.5. The van der Waals surface area contributed by atoms with E-state index >= 15 is 0 Å². The van der Waals surface area contributed by atoms with E-state index in [2.05, 4.69) is 26.6 Å². The van der Waals surface area contributed by atoms with Crippen LogP contribution in [0.25, 0.3) is 0 Å². The molecular weight excluding hydrogens is 307 g/mol. The van der Waals surface area contributed by atoms with Crippen LogP contribution in [0.5, 0.6) is 0 Å². The van der Waals surface area contributed by atoms with E-state index in [0.29, 0.717) is 6.54 Å². The maximum Gasteiger partial charge on any atom is 0.412 e. The zero-order chi connectivity index (χ0) is 11.2. The highest BCUT2D eigenvalue weighted by molar-refractivity contribution is 9.10. The van der Waals surface area contributed by atoms with Gasteiger partial charge in [0.2, 0.25) is 0 Å². The van der Waals surface area contributed by atoms with Crippen molar-refractivity contribution in [2.24, 2.45) is 0 Å². The van der Waals surface area contributed by atoms with Crippen molar-refractivity contribution in [2.45, 2.75) is 12.0 Å². The third kappa shape index (κ3) is 2.03. The van der Waals surface area contributed by atoms with Crippen LogP contribution in [0.15, 0.2) is 22.7 Å². The quantitative estimate of drug-likeness (QED) is 0.773. The Hall–Kier alpha value is -0.780. The second-order valence-corrected chi connectivity index (χ2v) is 5.04. The van der Waals surface area contributed by atoms with E-state index in [4.69, 9.17) is 4.74 Å². The van der Waals surface area contributed by atoms with E-state index in [9.17, 15) is 4.79 Å². The summed E-state index contributed by atoms with van der Waals surface area (Å²) in [5.41, 5.74) is 1.41. The second kappa shape index (κ2) is 4.48. The molecule has 4 nitrogen and oxygen atoms in total. The van der Waals surface area contributed by atoms with E-state index in [0.717, 1.165) is 28.7 Å². The highest BCUT2D eigenvalue weighted by Crippen LogP contribution is 2.41. The molecule has 92 valence electrons. The number of carbonyl (C=O) groups is 1. The molecule has 1 saturated heterocycles. The molecule has 1 amide bonds. The van der Waals surface area contributed by atoms with Gasteiger partial charge in [-0.25, -0.2) is 4.79 Å². The lowest BCUT2D eigenvalue weighted by Crippen LogP contribution is -2.41. The van der Waals surface area contributed by atoms with Gasteiger partial charge in [0.15, 0.2) is 5.60 Å². The zero-order valence-electron chi connectivity index (χ0n) is 8.96. The van der Waals surface area contributed by atoms with Gasteiger partial charge in [0.25, 0.3) is 0 Å². The molecular formula is C11H12BrClN2O2. The summed E-state index contributed by atoms with van der Waals surface area (Å²) in [6.45, 7) is 1.56. The molecule has 1 atom stereocenters. The van der Waals surface area contributed by atoms with Gasteiger partial charge < -0.3 is 10.1 Å². The largest absolute Gasteiger partial charge is 0.436 e. The lowest BCUT2D eigenvalue weighted by molar-refractivity contribution is 0.0277. The van der Waals surface area contributed by atoms with Crippen LogP contribution < -0.4 is 10.6 Å². The molecule has 0 bridgehead atoms. The molecule has 1 aromatic carbocycles. The first-order chi connectivity index (χ1) is 7.70. The summed E-state index contributed by atoms with van der Waals surface area (Å²) in [7, 11) is 0. The van der Waals surface area contributed by atoms with Crippen molar-refractivity contribution in [3.8, 4) is 0 Å². The van der Waals surface area contributed by atoms with Crippen LogP contribution in [0.3, 0.4) is 0 Å². The number of fused-ring (bicyclic) bond motifs is 2. The number of hydrogen-bond acceptors (Lipinski definition) is 3. The Morgan fingerprint density at radius 1 is 1.41 bits per heavy atom. The lowest BCUT2D eigenvalue weighted by Gasteiger charge is -2.34. The van der Waals surface area contributed by atoms with Gasteiger partial charge in [-0.05, 0) is 24.7 Å². The fraction of sp³-hybridized carbons (Fsp3) is 0.364. The smallest absolute Gasteiger partial charge is 0.412 e. The molecule has 1 aromatic rings. The fourth-order valence-corrected chi connectivity index (χ4v) is 2.72. The van der Waals surface area contributed by atoms with Crippen LogP contribution >= 0.6 is 28.3 Å². The Morgan fingerprint density at radius 2 is 2.24 bits per heavy atom. The van der Waals surface area contributed by atoms with Gasteiger partial charge in [0.1, 0.15) is 0 Å². The molecule has 0 aliphatic carbocycles. The molecule has 3 rings (SSSR count). The van der Waals surface area contributed by atoms with Crippen molar-refractivity contribution in [3.05, 3.63) is 28.2 Å². The minimum absolute atomic E-state index is 0. The normalized spacial score (nSPS) is 25.8. The summed E-state index contributed by atoms with van der Waals surface area (Å²) in [6.07, 6.45) is 0.461. The summed E-state index contributed by atoms with van der Waals surface area (Å²) in [6, 6.07) is 5.84. The lowest BCUT2D eigenvalue weighted by atomic mass is 9.90. The van der Waals surface area contributed by atoms with Crippen LogP contribution in [0.1, 0.15) is 12.0 Å². The number of ether oxygens (including phenoxy) is 1. The molecule has 2 N–H and O–H groups in total. The SMILES string of the molecule is Cl.O=C1Nc2ccc(Br)cc2C2(CCNC2)O1. The minimum atomic E-state index is -0.485. The van der Waals surface area contributed by atoms with Gasteiger partial charge >= 0.3 is 6.09 Å². The number of rotatable bonds is 0. The number of carbonyl (C=O) groups excluding carboxylic acids is 1. The van der Waals surface area contributed by atoms with E-state index < -0.39 is 5.60 Å². The van der Waals surface area contributed by atoms with Gasteiger partial charge in [-0.2, -0.15) is 0 Å². The van der Waals surface area contributed by atoms with Crippen LogP contribution in [0.2, 0.25) is 0 Å². The molecule has 2 aliphatic heterocycles. The summed E-state index contributed by atoms with van der Waals surface area (Å²) < 4.78 is 6.48. The predicted molar refractivity (Wildman–Crippen MR) is 70.7 cm³/mol. The number of halogens is 2. The third-order valence-electron chi connectivity index (χ3n) is 3.11. The Labute approximate surface area is 114 Å². The van der Waals surface area contributed by atoms with Gasteiger partial charge in [-0.3, -0.25) is 5.32 Å². The monoisotopic (exact) mass is 318 g/mol.